The highest BCUT2D eigenvalue weighted by Gasteiger charge is 2.16. The first-order chi connectivity index (χ1) is 8.70. The van der Waals surface area contributed by atoms with Crippen LogP contribution in [0.15, 0.2) is 35.2 Å². The van der Waals surface area contributed by atoms with Crippen LogP contribution in [-0.4, -0.2) is 10.1 Å². The molecule has 0 saturated heterocycles. The molecule has 1 heterocycles. The predicted molar refractivity (Wildman–Crippen MR) is 61.8 cm³/mol. The van der Waals surface area contributed by atoms with E-state index < -0.39 is 4.92 Å². The molecule has 0 aliphatic heterocycles. The standard InChI is InChI=1S/C11H11N3O4/c12-4-8-1-2-11(10(3-8)14(15)16)17-6-9-5-13-18-7-9/h1-3,5,7H,4,6,12H2. The molecule has 0 bridgehead atoms. The molecule has 0 aliphatic rings. The number of nitrogens with zero attached hydrogens (tertiary/aromatic N) is 2. The van der Waals surface area contributed by atoms with Crippen LogP contribution in [0.1, 0.15) is 11.1 Å². The lowest BCUT2D eigenvalue weighted by Gasteiger charge is -2.06. The van der Waals surface area contributed by atoms with E-state index in [0.29, 0.717) is 11.1 Å². The number of nitrogens with two attached hydrogens (primary N) is 1. The van der Waals surface area contributed by atoms with E-state index in [-0.39, 0.29) is 24.6 Å². The van der Waals surface area contributed by atoms with Gasteiger partial charge in [0.25, 0.3) is 0 Å². The lowest BCUT2D eigenvalue weighted by molar-refractivity contribution is -0.386. The summed E-state index contributed by atoms with van der Waals surface area (Å²) in [6.45, 7) is 0.402. The molecule has 0 unspecified atom stereocenters. The van der Waals surface area contributed by atoms with Gasteiger partial charge in [-0.2, -0.15) is 0 Å². The second-order valence-corrected chi connectivity index (χ2v) is 3.58. The van der Waals surface area contributed by atoms with Crippen molar-refractivity contribution in [3.05, 3.63) is 51.9 Å². The van der Waals surface area contributed by atoms with E-state index in [2.05, 4.69) is 9.68 Å². The zero-order chi connectivity index (χ0) is 13.0. The number of ether oxygens (including phenoxy) is 1. The number of nitro benzene ring substituents is 1. The third-order valence-corrected chi connectivity index (χ3v) is 2.33. The summed E-state index contributed by atoms with van der Waals surface area (Å²) in [5.41, 5.74) is 6.71. The Bertz CT molecular complexity index is 539. The van der Waals surface area contributed by atoms with E-state index in [0.717, 1.165) is 0 Å². The predicted octanol–water partition coefficient (Wildman–Crippen LogP) is 1.62. The van der Waals surface area contributed by atoms with Gasteiger partial charge in [0.15, 0.2) is 5.75 Å². The first-order valence-corrected chi connectivity index (χ1v) is 5.19. The van der Waals surface area contributed by atoms with Crippen LogP contribution in [0, 0.1) is 10.1 Å². The van der Waals surface area contributed by atoms with Gasteiger partial charge in [0.1, 0.15) is 12.9 Å². The molecule has 94 valence electrons. The maximum Gasteiger partial charge on any atom is 0.311 e. The van der Waals surface area contributed by atoms with Gasteiger partial charge < -0.3 is 15.0 Å². The highest BCUT2D eigenvalue weighted by molar-refractivity contribution is 5.48. The summed E-state index contributed by atoms with van der Waals surface area (Å²) in [4.78, 5) is 10.4. The molecule has 2 rings (SSSR count). The molecule has 0 atom stereocenters. The molecule has 0 spiro atoms. The van der Waals surface area contributed by atoms with Crippen molar-refractivity contribution in [3.8, 4) is 5.75 Å². The molecule has 0 fully saturated rings. The Morgan fingerprint density at radius 1 is 1.44 bits per heavy atom. The first-order valence-electron chi connectivity index (χ1n) is 5.19. The van der Waals surface area contributed by atoms with Crippen molar-refractivity contribution in [2.45, 2.75) is 13.2 Å². The van der Waals surface area contributed by atoms with Gasteiger partial charge in [0.05, 0.1) is 11.1 Å². The number of rotatable bonds is 5. The van der Waals surface area contributed by atoms with Gasteiger partial charge in [0, 0.05) is 18.2 Å². The van der Waals surface area contributed by atoms with Crippen LogP contribution < -0.4 is 10.5 Å². The van der Waals surface area contributed by atoms with Gasteiger partial charge in [-0.1, -0.05) is 11.2 Å². The number of nitro groups is 1. The minimum absolute atomic E-state index is 0.102. The van der Waals surface area contributed by atoms with Crippen LogP contribution in [-0.2, 0) is 13.2 Å². The summed E-state index contributed by atoms with van der Waals surface area (Å²) < 4.78 is 10.00. The van der Waals surface area contributed by atoms with Crippen LogP contribution in [0.4, 0.5) is 5.69 Å². The van der Waals surface area contributed by atoms with Gasteiger partial charge in [0.2, 0.25) is 0 Å². The summed E-state index contributed by atoms with van der Waals surface area (Å²) in [7, 11) is 0. The molecular formula is C11H11N3O4. The number of benzene rings is 1. The smallest absolute Gasteiger partial charge is 0.311 e. The summed E-state index contributed by atoms with van der Waals surface area (Å²) in [5.74, 6) is 0.193. The third kappa shape index (κ3) is 2.64. The van der Waals surface area contributed by atoms with Crippen molar-refractivity contribution >= 4 is 5.69 Å². The Kier molecular flexibility index (Phi) is 3.54. The normalized spacial score (nSPS) is 10.3. The number of aromatic nitrogens is 1. The van der Waals surface area contributed by atoms with E-state index in [4.69, 9.17) is 10.5 Å². The van der Waals surface area contributed by atoms with Crippen LogP contribution in [0.5, 0.6) is 5.75 Å². The quantitative estimate of drug-likeness (QED) is 0.637. The Morgan fingerprint density at radius 2 is 2.28 bits per heavy atom. The van der Waals surface area contributed by atoms with Gasteiger partial charge in [-0.15, -0.1) is 0 Å². The monoisotopic (exact) mass is 249 g/mol. The third-order valence-electron chi connectivity index (χ3n) is 2.33. The van der Waals surface area contributed by atoms with Crippen molar-refractivity contribution in [2.24, 2.45) is 5.73 Å². The maximum absolute atomic E-state index is 10.9. The first kappa shape index (κ1) is 12.1. The van der Waals surface area contributed by atoms with Gasteiger partial charge in [-0.05, 0) is 11.6 Å². The topological polar surface area (TPSA) is 104 Å². The largest absolute Gasteiger partial charge is 0.482 e. The average molecular weight is 249 g/mol. The fourth-order valence-electron chi connectivity index (χ4n) is 1.41. The molecule has 2 aromatic rings. The molecule has 7 heteroatoms. The Labute approximate surface area is 102 Å². The highest BCUT2D eigenvalue weighted by atomic mass is 16.6. The molecule has 2 N–H and O–H groups in total. The summed E-state index contributed by atoms with van der Waals surface area (Å²) in [6, 6.07) is 4.63. The minimum Gasteiger partial charge on any atom is -0.482 e. The molecule has 18 heavy (non-hydrogen) atoms. The summed E-state index contributed by atoms with van der Waals surface area (Å²) >= 11 is 0. The molecule has 0 radical (unpaired) electrons. The second-order valence-electron chi connectivity index (χ2n) is 3.58. The summed E-state index contributed by atoms with van der Waals surface area (Å²) in [5, 5.41) is 14.4. The average Bonchev–Trinajstić information content (AvgIpc) is 2.89. The van der Waals surface area contributed by atoms with Crippen molar-refractivity contribution in [3.63, 3.8) is 0 Å². The molecular weight excluding hydrogens is 238 g/mol. The van der Waals surface area contributed by atoms with E-state index in [9.17, 15) is 10.1 Å². The minimum atomic E-state index is -0.498. The second kappa shape index (κ2) is 5.28. The van der Waals surface area contributed by atoms with Gasteiger partial charge in [-0.3, -0.25) is 10.1 Å². The van der Waals surface area contributed by atoms with Crippen molar-refractivity contribution < 1.29 is 14.2 Å². The fourth-order valence-corrected chi connectivity index (χ4v) is 1.41. The van der Waals surface area contributed by atoms with Crippen molar-refractivity contribution in [1.29, 1.82) is 0 Å². The highest BCUT2D eigenvalue weighted by Crippen LogP contribution is 2.28. The van der Waals surface area contributed by atoms with Gasteiger partial charge >= 0.3 is 5.69 Å². The van der Waals surface area contributed by atoms with Gasteiger partial charge in [-0.25, -0.2) is 0 Å². The Morgan fingerprint density at radius 3 is 2.89 bits per heavy atom. The maximum atomic E-state index is 10.9. The SMILES string of the molecule is NCc1ccc(OCc2cnoc2)c([N+](=O)[O-])c1. The number of hydrogen-bond acceptors (Lipinski definition) is 6. The van der Waals surface area contributed by atoms with Crippen LogP contribution in [0.25, 0.3) is 0 Å². The zero-order valence-corrected chi connectivity index (χ0v) is 9.41. The molecule has 0 amide bonds. The lowest BCUT2D eigenvalue weighted by Crippen LogP contribution is -2.01. The molecule has 0 aliphatic carbocycles. The van der Waals surface area contributed by atoms with Crippen LogP contribution >= 0.6 is 0 Å². The molecule has 7 nitrogen and oxygen atoms in total. The Hall–Kier alpha value is -2.41. The fraction of sp³-hybridized carbons (Fsp3) is 0.182. The van der Waals surface area contributed by atoms with E-state index >= 15 is 0 Å². The van der Waals surface area contributed by atoms with Crippen molar-refractivity contribution in [2.75, 3.05) is 0 Å². The lowest BCUT2D eigenvalue weighted by atomic mass is 10.2. The number of hydrogen-bond donors (Lipinski definition) is 1. The van der Waals surface area contributed by atoms with E-state index in [1.54, 1.807) is 6.07 Å². The zero-order valence-electron chi connectivity index (χ0n) is 9.41. The van der Waals surface area contributed by atoms with E-state index in [1.165, 1.54) is 24.6 Å². The van der Waals surface area contributed by atoms with Crippen molar-refractivity contribution in [1.82, 2.24) is 5.16 Å². The summed E-state index contributed by atoms with van der Waals surface area (Å²) in [6.07, 6.45) is 2.90. The van der Waals surface area contributed by atoms with Crippen LogP contribution in [0.3, 0.4) is 0 Å². The van der Waals surface area contributed by atoms with E-state index in [1.807, 2.05) is 0 Å². The molecule has 1 aromatic carbocycles. The van der Waals surface area contributed by atoms with Crippen LogP contribution in [0.2, 0.25) is 0 Å². The molecule has 0 saturated carbocycles. The molecule has 1 aromatic heterocycles. The Balaban J connectivity index is 2.18.